The second-order valence-electron chi connectivity index (χ2n) is 3.58. The molecule has 0 fully saturated rings. The van der Waals surface area contributed by atoms with Gasteiger partial charge >= 0.3 is 0 Å². The van der Waals surface area contributed by atoms with Crippen LogP contribution < -0.4 is 5.32 Å². The van der Waals surface area contributed by atoms with E-state index in [-0.39, 0.29) is 0 Å². The van der Waals surface area contributed by atoms with E-state index in [1.54, 1.807) is 0 Å². The highest BCUT2D eigenvalue weighted by atomic mass is 79.9. The lowest BCUT2D eigenvalue weighted by Gasteiger charge is -2.10. The van der Waals surface area contributed by atoms with Crippen LogP contribution in [0.1, 0.15) is 5.56 Å². The molecule has 4 heteroatoms. The van der Waals surface area contributed by atoms with Crippen LogP contribution in [0.25, 0.3) is 0 Å². The standard InChI is InChI=1S/C13H10Br2ClN/c14-11-5-2-6-12(15)13(11)17-8-9-3-1-4-10(16)7-9/h1-7,17H,8H2. The van der Waals surface area contributed by atoms with Crippen LogP contribution in [0.3, 0.4) is 0 Å². The molecule has 88 valence electrons. The molecule has 2 aromatic carbocycles. The molecule has 17 heavy (non-hydrogen) atoms. The summed E-state index contributed by atoms with van der Waals surface area (Å²) >= 11 is 13.0. The zero-order valence-electron chi connectivity index (χ0n) is 8.88. The fourth-order valence-electron chi connectivity index (χ4n) is 1.50. The molecule has 0 unspecified atom stereocenters. The molecular formula is C13H10Br2ClN. The van der Waals surface area contributed by atoms with Crippen molar-refractivity contribution in [2.75, 3.05) is 5.32 Å². The molecule has 2 rings (SSSR count). The van der Waals surface area contributed by atoms with Gasteiger partial charge in [-0.05, 0) is 61.7 Å². The van der Waals surface area contributed by atoms with E-state index in [0.717, 1.165) is 31.8 Å². The van der Waals surface area contributed by atoms with Crippen molar-refractivity contribution in [1.82, 2.24) is 0 Å². The number of benzene rings is 2. The molecule has 1 N–H and O–H groups in total. The van der Waals surface area contributed by atoms with Gasteiger partial charge in [0.25, 0.3) is 0 Å². The van der Waals surface area contributed by atoms with E-state index in [9.17, 15) is 0 Å². The Labute approximate surface area is 122 Å². The van der Waals surface area contributed by atoms with Gasteiger partial charge in [0.1, 0.15) is 0 Å². The van der Waals surface area contributed by atoms with Gasteiger partial charge in [-0.1, -0.05) is 29.8 Å². The molecule has 0 saturated heterocycles. The van der Waals surface area contributed by atoms with Gasteiger partial charge in [0, 0.05) is 20.5 Å². The van der Waals surface area contributed by atoms with Gasteiger partial charge < -0.3 is 5.32 Å². The third-order valence-corrected chi connectivity index (χ3v) is 3.88. The van der Waals surface area contributed by atoms with E-state index in [4.69, 9.17) is 11.6 Å². The minimum Gasteiger partial charge on any atom is -0.379 e. The molecule has 0 aliphatic carbocycles. The third kappa shape index (κ3) is 3.47. The van der Waals surface area contributed by atoms with E-state index in [1.807, 2.05) is 42.5 Å². The Bertz CT molecular complexity index is 508. The molecule has 0 aliphatic rings. The summed E-state index contributed by atoms with van der Waals surface area (Å²) in [4.78, 5) is 0. The second kappa shape index (κ2) is 5.89. The number of hydrogen-bond donors (Lipinski definition) is 1. The molecule has 0 saturated carbocycles. The molecule has 0 heterocycles. The number of nitrogens with one attached hydrogen (secondary N) is 1. The topological polar surface area (TPSA) is 12.0 Å². The van der Waals surface area contributed by atoms with E-state index >= 15 is 0 Å². The first-order valence-corrected chi connectivity index (χ1v) is 7.05. The molecular weight excluding hydrogens is 365 g/mol. The zero-order chi connectivity index (χ0) is 12.3. The largest absolute Gasteiger partial charge is 0.379 e. The SMILES string of the molecule is Clc1cccc(CNc2c(Br)cccc2Br)c1. The summed E-state index contributed by atoms with van der Waals surface area (Å²) in [6, 6.07) is 13.8. The Kier molecular flexibility index (Phi) is 4.48. The highest BCUT2D eigenvalue weighted by molar-refractivity contribution is 9.11. The van der Waals surface area contributed by atoms with Crippen LogP contribution in [0.15, 0.2) is 51.4 Å². The van der Waals surface area contributed by atoms with Crippen molar-refractivity contribution in [3.63, 3.8) is 0 Å². The smallest absolute Gasteiger partial charge is 0.0631 e. The molecule has 0 spiro atoms. The van der Waals surface area contributed by atoms with Crippen molar-refractivity contribution >= 4 is 49.1 Å². The van der Waals surface area contributed by atoms with Gasteiger partial charge in [-0.25, -0.2) is 0 Å². The summed E-state index contributed by atoms with van der Waals surface area (Å²) in [7, 11) is 0. The molecule has 0 aromatic heterocycles. The third-order valence-electron chi connectivity index (χ3n) is 2.32. The fourth-order valence-corrected chi connectivity index (χ4v) is 3.00. The first-order chi connectivity index (χ1) is 8.16. The van der Waals surface area contributed by atoms with Crippen molar-refractivity contribution in [2.45, 2.75) is 6.54 Å². The van der Waals surface area contributed by atoms with Crippen LogP contribution in [-0.2, 0) is 6.54 Å². The highest BCUT2D eigenvalue weighted by Crippen LogP contribution is 2.30. The first-order valence-electron chi connectivity index (χ1n) is 5.09. The van der Waals surface area contributed by atoms with Gasteiger partial charge in [-0.2, -0.15) is 0 Å². The van der Waals surface area contributed by atoms with Crippen LogP contribution in [-0.4, -0.2) is 0 Å². The zero-order valence-corrected chi connectivity index (χ0v) is 12.8. The maximum absolute atomic E-state index is 5.94. The van der Waals surface area contributed by atoms with Gasteiger partial charge in [-0.15, -0.1) is 0 Å². The summed E-state index contributed by atoms with van der Waals surface area (Å²) in [5.41, 5.74) is 2.20. The lowest BCUT2D eigenvalue weighted by atomic mass is 10.2. The molecule has 2 aromatic rings. The monoisotopic (exact) mass is 373 g/mol. The Morgan fingerprint density at radius 3 is 2.29 bits per heavy atom. The van der Waals surface area contributed by atoms with Crippen molar-refractivity contribution < 1.29 is 0 Å². The predicted molar refractivity (Wildman–Crippen MR) is 80.6 cm³/mol. The summed E-state index contributed by atoms with van der Waals surface area (Å²) in [6.45, 7) is 0.738. The van der Waals surface area contributed by atoms with Crippen molar-refractivity contribution in [1.29, 1.82) is 0 Å². The average molecular weight is 375 g/mol. The summed E-state index contributed by atoms with van der Waals surface area (Å²) in [5, 5.41) is 4.13. The normalized spacial score (nSPS) is 10.3. The number of para-hydroxylation sites is 1. The van der Waals surface area contributed by atoms with Crippen LogP contribution in [0, 0.1) is 0 Å². The fraction of sp³-hybridized carbons (Fsp3) is 0.0769. The van der Waals surface area contributed by atoms with Crippen molar-refractivity contribution in [3.8, 4) is 0 Å². The minimum atomic E-state index is 0.738. The maximum atomic E-state index is 5.94. The second-order valence-corrected chi connectivity index (χ2v) is 5.73. The molecule has 1 nitrogen and oxygen atoms in total. The van der Waals surface area contributed by atoms with Crippen molar-refractivity contribution in [3.05, 3.63) is 62.0 Å². The molecule has 0 bridgehead atoms. The van der Waals surface area contributed by atoms with Gasteiger partial charge in [0.05, 0.1) is 5.69 Å². The van der Waals surface area contributed by atoms with Crippen LogP contribution in [0.2, 0.25) is 5.02 Å². The highest BCUT2D eigenvalue weighted by Gasteiger charge is 2.03. The van der Waals surface area contributed by atoms with Gasteiger partial charge in [-0.3, -0.25) is 0 Å². The Morgan fingerprint density at radius 2 is 1.65 bits per heavy atom. The van der Waals surface area contributed by atoms with E-state index in [2.05, 4.69) is 37.2 Å². The number of rotatable bonds is 3. The minimum absolute atomic E-state index is 0.738. The van der Waals surface area contributed by atoms with E-state index in [0.29, 0.717) is 0 Å². The maximum Gasteiger partial charge on any atom is 0.0631 e. The first kappa shape index (κ1) is 12.9. The average Bonchev–Trinajstić information content (AvgIpc) is 2.28. The van der Waals surface area contributed by atoms with Gasteiger partial charge in [0.2, 0.25) is 0 Å². The lowest BCUT2D eigenvalue weighted by Crippen LogP contribution is -2.00. The summed E-state index contributed by atoms with van der Waals surface area (Å²) in [6.07, 6.45) is 0. The number of halogens is 3. The number of hydrogen-bond acceptors (Lipinski definition) is 1. The Morgan fingerprint density at radius 1 is 1.00 bits per heavy atom. The molecule has 0 amide bonds. The Balaban J connectivity index is 2.13. The molecule has 0 atom stereocenters. The van der Waals surface area contributed by atoms with Crippen LogP contribution in [0.4, 0.5) is 5.69 Å². The van der Waals surface area contributed by atoms with Crippen LogP contribution in [0.5, 0.6) is 0 Å². The van der Waals surface area contributed by atoms with Crippen LogP contribution >= 0.6 is 43.5 Å². The molecule has 0 radical (unpaired) electrons. The van der Waals surface area contributed by atoms with E-state index in [1.165, 1.54) is 0 Å². The van der Waals surface area contributed by atoms with Crippen molar-refractivity contribution in [2.24, 2.45) is 0 Å². The quantitative estimate of drug-likeness (QED) is 0.749. The lowest BCUT2D eigenvalue weighted by molar-refractivity contribution is 1.14. The summed E-state index contributed by atoms with van der Waals surface area (Å²) < 4.78 is 2.07. The molecule has 0 aliphatic heterocycles. The predicted octanol–water partition coefficient (Wildman–Crippen LogP) is 5.48. The Hall–Kier alpha value is -0.510. The summed E-state index contributed by atoms with van der Waals surface area (Å²) in [5.74, 6) is 0. The number of anilines is 1. The van der Waals surface area contributed by atoms with E-state index < -0.39 is 0 Å². The van der Waals surface area contributed by atoms with Gasteiger partial charge in [0.15, 0.2) is 0 Å².